The standard InChI is InChI=1S/C11H16N2O/c1-3-11(14)13(2)8-9-5-4-6-10(12)7-9/h4-7H,3,8,12H2,1-2H3. The van der Waals surface area contributed by atoms with E-state index in [0.717, 1.165) is 11.3 Å². The summed E-state index contributed by atoms with van der Waals surface area (Å²) in [6.07, 6.45) is 0.540. The molecule has 0 aromatic heterocycles. The van der Waals surface area contributed by atoms with Gasteiger partial charge in [0.15, 0.2) is 0 Å². The molecule has 0 aliphatic heterocycles. The molecule has 1 aromatic rings. The second-order valence-electron chi connectivity index (χ2n) is 3.35. The van der Waals surface area contributed by atoms with Gasteiger partial charge in [-0.05, 0) is 17.7 Å². The van der Waals surface area contributed by atoms with Crippen LogP contribution in [0.15, 0.2) is 24.3 Å². The van der Waals surface area contributed by atoms with E-state index in [1.807, 2.05) is 31.2 Å². The van der Waals surface area contributed by atoms with Crippen molar-refractivity contribution >= 4 is 11.6 Å². The van der Waals surface area contributed by atoms with Gasteiger partial charge in [-0.3, -0.25) is 4.79 Å². The number of amides is 1. The molecule has 1 aromatic carbocycles. The molecule has 0 aliphatic carbocycles. The summed E-state index contributed by atoms with van der Waals surface area (Å²) in [5.41, 5.74) is 7.44. The van der Waals surface area contributed by atoms with Gasteiger partial charge in [-0.15, -0.1) is 0 Å². The van der Waals surface area contributed by atoms with Gasteiger partial charge in [-0.2, -0.15) is 0 Å². The number of nitrogens with zero attached hydrogens (tertiary/aromatic N) is 1. The summed E-state index contributed by atoms with van der Waals surface area (Å²) in [6, 6.07) is 7.59. The maximum atomic E-state index is 11.3. The third-order valence-electron chi connectivity index (χ3n) is 2.10. The number of carbonyl (C=O) groups excluding carboxylic acids is 1. The quantitative estimate of drug-likeness (QED) is 0.740. The smallest absolute Gasteiger partial charge is 0.222 e. The highest BCUT2D eigenvalue weighted by Crippen LogP contribution is 2.09. The summed E-state index contributed by atoms with van der Waals surface area (Å²) in [4.78, 5) is 13.0. The second kappa shape index (κ2) is 4.65. The Morgan fingerprint density at radius 2 is 2.21 bits per heavy atom. The first kappa shape index (κ1) is 10.6. The normalized spacial score (nSPS) is 9.86. The fraction of sp³-hybridized carbons (Fsp3) is 0.364. The first-order valence-electron chi connectivity index (χ1n) is 4.72. The topological polar surface area (TPSA) is 46.3 Å². The summed E-state index contributed by atoms with van der Waals surface area (Å²) in [6.45, 7) is 2.48. The van der Waals surface area contributed by atoms with Crippen LogP contribution in [-0.2, 0) is 11.3 Å². The van der Waals surface area contributed by atoms with E-state index in [-0.39, 0.29) is 5.91 Å². The SMILES string of the molecule is CCC(=O)N(C)Cc1cccc(N)c1. The first-order chi connectivity index (χ1) is 6.63. The highest BCUT2D eigenvalue weighted by atomic mass is 16.2. The van der Waals surface area contributed by atoms with Crippen molar-refractivity contribution in [3.63, 3.8) is 0 Å². The van der Waals surface area contributed by atoms with Crippen LogP contribution in [0.4, 0.5) is 5.69 Å². The Kier molecular flexibility index (Phi) is 3.51. The van der Waals surface area contributed by atoms with Crippen LogP contribution in [-0.4, -0.2) is 17.9 Å². The fourth-order valence-electron chi connectivity index (χ4n) is 1.32. The van der Waals surface area contributed by atoms with Crippen molar-refractivity contribution in [2.75, 3.05) is 12.8 Å². The number of rotatable bonds is 3. The zero-order valence-corrected chi connectivity index (χ0v) is 8.66. The number of hydrogen-bond acceptors (Lipinski definition) is 2. The summed E-state index contributed by atoms with van der Waals surface area (Å²) >= 11 is 0. The molecule has 0 saturated heterocycles. The largest absolute Gasteiger partial charge is 0.399 e. The molecule has 1 amide bonds. The maximum absolute atomic E-state index is 11.3. The minimum Gasteiger partial charge on any atom is -0.399 e. The van der Waals surface area contributed by atoms with Crippen molar-refractivity contribution in [3.05, 3.63) is 29.8 Å². The van der Waals surface area contributed by atoms with Gasteiger partial charge in [0.1, 0.15) is 0 Å². The molecule has 0 spiro atoms. The van der Waals surface area contributed by atoms with Gasteiger partial charge >= 0.3 is 0 Å². The van der Waals surface area contributed by atoms with Crippen molar-refractivity contribution < 1.29 is 4.79 Å². The molecule has 0 heterocycles. The van der Waals surface area contributed by atoms with E-state index in [2.05, 4.69) is 0 Å². The van der Waals surface area contributed by atoms with E-state index in [9.17, 15) is 4.79 Å². The third kappa shape index (κ3) is 2.76. The predicted octanol–water partition coefficient (Wildman–Crippen LogP) is 1.64. The molecule has 0 saturated carbocycles. The van der Waals surface area contributed by atoms with Gasteiger partial charge < -0.3 is 10.6 Å². The second-order valence-corrected chi connectivity index (χ2v) is 3.35. The van der Waals surface area contributed by atoms with Crippen molar-refractivity contribution in [1.29, 1.82) is 0 Å². The van der Waals surface area contributed by atoms with Crippen molar-refractivity contribution in [3.8, 4) is 0 Å². The summed E-state index contributed by atoms with van der Waals surface area (Å²) in [5.74, 6) is 0.146. The molecule has 76 valence electrons. The van der Waals surface area contributed by atoms with Crippen LogP contribution in [0, 0.1) is 0 Å². The lowest BCUT2D eigenvalue weighted by Gasteiger charge is -2.16. The van der Waals surface area contributed by atoms with Gasteiger partial charge in [0.25, 0.3) is 0 Å². The number of carbonyl (C=O) groups is 1. The van der Waals surface area contributed by atoms with E-state index in [1.54, 1.807) is 11.9 Å². The highest BCUT2D eigenvalue weighted by molar-refractivity contribution is 5.75. The van der Waals surface area contributed by atoms with Crippen LogP contribution < -0.4 is 5.73 Å². The molecule has 0 unspecified atom stereocenters. The lowest BCUT2D eigenvalue weighted by Crippen LogP contribution is -2.25. The zero-order chi connectivity index (χ0) is 10.6. The lowest BCUT2D eigenvalue weighted by molar-refractivity contribution is -0.130. The summed E-state index contributed by atoms with van der Waals surface area (Å²) in [7, 11) is 1.80. The minimum absolute atomic E-state index is 0.146. The molecule has 1 rings (SSSR count). The first-order valence-corrected chi connectivity index (χ1v) is 4.72. The van der Waals surface area contributed by atoms with Gasteiger partial charge in [0.05, 0.1) is 0 Å². The van der Waals surface area contributed by atoms with E-state index >= 15 is 0 Å². The number of benzene rings is 1. The van der Waals surface area contributed by atoms with Crippen LogP contribution in [0.1, 0.15) is 18.9 Å². The molecule has 3 nitrogen and oxygen atoms in total. The van der Waals surface area contributed by atoms with Crippen LogP contribution in [0.5, 0.6) is 0 Å². The maximum Gasteiger partial charge on any atom is 0.222 e. The van der Waals surface area contributed by atoms with Crippen molar-refractivity contribution in [2.45, 2.75) is 19.9 Å². The fourth-order valence-corrected chi connectivity index (χ4v) is 1.32. The van der Waals surface area contributed by atoms with Gasteiger partial charge in [-0.1, -0.05) is 19.1 Å². The Labute approximate surface area is 84.5 Å². The molecule has 0 atom stereocenters. The van der Waals surface area contributed by atoms with Crippen molar-refractivity contribution in [1.82, 2.24) is 4.90 Å². The highest BCUT2D eigenvalue weighted by Gasteiger charge is 2.05. The number of nitrogens with two attached hydrogens (primary N) is 1. The Morgan fingerprint density at radius 1 is 1.50 bits per heavy atom. The third-order valence-corrected chi connectivity index (χ3v) is 2.10. The average Bonchev–Trinajstić information content (AvgIpc) is 2.16. The molecule has 3 heteroatoms. The Hall–Kier alpha value is -1.51. The lowest BCUT2D eigenvalue weighted by atomic mass is 10.2. The van der Waals surface area contributed by atoms with Crippen LogP contribution >= 0.6 is 0 Å². The Balaban J connectivity index is 2.64. The van der Waals surface area contributed by atoms with Crippen LogP contribution in [0.25, 0.3) is 0 Å². The molecule has 0 fully saturated rings. The monoisotopic (exact) mass is 192 g/mol. The number of hydrogen-bond donors (Lipinski definition) is 1. The number of anilines is 1. The van der Waals surface area contributed by atoms with E-state index < -0.39 is 0 Å². The van der Waals surface area contributed by atoms with Crippen LogP contribution in [0.3, 0.4) is 0 Å². The molecule has 2 N–H and O–H groups in total. The Bertz CT molecular complexity index is 323. The molecule has 0 bridgehead atoms. The van der Waals surface area contributed by atoms with Gasteiger partial charge in [-0.25, -0.2) is 0 Å². The molecular formula is C11H16N2O. The molecule has 0 aliphatic rings. The summed E-state index contributed by atoms with van der Waals surface area (Å²) in [5, 5.41) is 0. The molecule has 14 heavy (non-hydrogen) atoms. The minimum atomic E-state index is 0.146. The van der Waals surface area contributed by atoms with E-state index in [1.165, 1.54) is 0 Å². The number of nitrogen functional groups attached to an aromatic ring is 1. The van der Waals surface area contributed by atoms with E-state index in [0.29, 0.717) is 13.0 Å². The predicted molar refractivity (Wildman–Crippen MR) is 57.6 cm³/mol. The zero-order valence-electron chi connectivity index (χ0n) is 8.66. The van der Waals surface area contributed by atoms with Gasteiger partial charge in [0.2, 0.25) is 5.91 Å². The van der Waals surface area contributed by atoms with Crippen molar-refractivity contribution in [2.24, 2.45) is 0 Å². The van der Waals surface area contributed by atoms with Gasteiger partial charge in [0, 0.05) is 25.7 Å². The Morgan fingerprint density at radius 3 is 2.79 bits per heavy atom. The average molecular weight is 192 g/mol. The molecular weight excluding hydrogens is 176 g/mol. The summed E-state index contributed by atoms with van der Waals surface area (Å²) < 4.78 is 0. The molecule has 0 radical (unpaired) electrons. The van der Waals surface area contributed by atoms with E-state index in [4.69, 9.17) is 5.73 Å². The van der Waals surface area contributed by atoms with Crippen LogP contribution in [0.2, 0.25) is 0 Å².